The highest BCUT2D eigenvalue weighted by atomic mass is 32.1. The Labute approximate surface area is 97.2 Å². The Balaban J connectivity index is 2.35. The Hall–Kier alpha value is -1.58. The molecule has 5 nitrogen and oxygen atoms in total. The van der Waals surface area contributed by atoms with E-state index in [1.54, 1.807) is 0 Å². The third-order valence-corrected chi connectivity index (χ3v) is 3.17. The first-order valence-corrected chi connectivity index (χ1v) is 5.79. The third-order valence-electron chi connectivity index (χ3n) is 2.41. The van der Waals surface area contributed by atoms with Crippen LogP contribution in [0.3, 0.4) is 0 Å². The van der Waals surface area contributed by atoms with E-state index in [9.17, 15) is 5.11 Å². The standard InChI is InChI=1S/C10H12N4OS/c1-13(4-2-3-11)9-8(7-15)14-5-6-16-10(14)12-9/h5-6,15H,2,4,7H2,1H3. The third kappa shape index (κ3) is 1.75. The van der Waals surface area contributed by atoms with Crippen molar-refractivity contribution in [1.82, 2.24) is 9.38 Å². The molecule has 0 saturated heterocycles. The van der Waals surface area contributed by atoms with Crippen LogP contribution in [-0.2, 0) is 6.61 Å². The molecule has 16 heavy (non-hydrogen) atoms. The van der Waals surface area contributed by atoms with Crippen LogP contribution in [0.1, 0.15) is 12.1 Å². The molecule has 2 heterocycles. The number of rotatable bonds is 4. The maximum atomic E-state index is 9.35. The zero-order valence-corrected chi connectivity index (χ0v) is 9.74. The first-order valence-electron chi connectivity index (χ1n) is 4.91. The van der Waals surface area contributed by atoms with Gasteiger partial charge in [-0.2, -0.15) is 5.26 Å². The van der Waals surface area contributed by atoms with Gasteiger partial charge >= 0.3 is 0 Å². The zero-order valence-electron chi connectivity index (χ0n) is 8.92. The average Bonchev–Trinajstić information content (AvgIpc) is 2.84. The topological polar surface area (TPSA) is 64.6 Å². The Morgan fingerprint density at radius 1 is 1.69 bits per heavy atom. The number of hydrogen-bond donors (Lipinski definition) is 1. The molecule has 2 rings (SSSR count). The number of aliphatic hydroxyl groups is 1. The van der Waals surface area contributed by atoms with E-state index in [0.29, 0.717) is 13.0 Å². The molecular formula is C10H12N4OS. The smallest absolute Gasteiger partial charge is 0.195 e. The fourth-order valence-electron chi connectivity index (χ4n) is 1.60. The predicted octanol–water partition coefficient (Wildman–Crippen LogP) is 1.24. The molecule has 0 aromatic carbocycles. The van der Waals surface area contributed by atoms with Crippen LogP contribution in [0.4, 0.5) is 5.82 Å². The summed E-state index contributed by atoms with van der Waals surface area (Å²) < 4.78 is 1.88. The van der Waals surface area contributed by atoms with Gasteiger partial charge in [-0.1, -0.05) is 0 Å². The van der Waals surface area contributed by atoms with Gasteiger partial charge in [-0.05, 0) is 0 Å². The minimum Gasteiger partial charge on any atom is -0.390 e. The lowest BCUT2D eigenvalue weighted by Crippen LogP contribution is -2.20. The number of aliphatic hydroxyl groups excluding tert-OH is 1. The molecule has 0 radical (unpaired) electrons. The molecule has 0 fully saturated rings. The molecule has 0 aliphatic carbocycles. The Morgan fingerprint density at radius 3 is 3.19 bits per heavy atom. The van der Waals surface area contributed by atoms with Gasteiger partial charge in [-0.3, -0.25) is 4.40 Å². The van der Waals surface area contributed by atoms with Crippen LogP contribution in [0.5, 0.6) is 0 Å². The lowest BCUT2D eigenvalue weighted by atomic mass is 10.3. The quantitative estimate of drug-likeness (QED) is 0.867. The van der Waals surface area contributed by atoms with E-state index < -0.39 is 0 Å². The van der Waals surface area contributed by atoms with Crippen LogP contribution in [0.2, 0.25) is 0 Å². The van der Waals surface area contributed by atoms with Crippen LogP contribution in [-0.4, -0.2) is 28.1 Å². The zero-order chi connectivity index (χ0) is 11.5. The lowest BCUT2D eigenvalue weighted by Gasteiger charge is -2.15. The molecule has 0 amide bonds. The number of fused-ring (bicyclic) bond motifs is 1. The van der Waals surface area contributed by atoms with Crippen LogP contribution in [0, 0.1) is 11.3 Å². The monoisotopic (exact) mass is 236 g/mol. The van der Waals surface area contributed by atoms with Gasteiger partial charge in [0.25, 0.3) is 0 Å². The number of aromatic nitrogens is 2. The number of nitrogens with zero attached hydrogens (tertiary/aromatic N) is 4. The van der Waals surface area contributed by atoms with E-state index in [0.717, 1.165) is 16.5 Å². The fraction of sp³-hybridized carbons (Fsp3) is 0.400. The van der Waals surface area contributed by atoms with Crippen molar-refractivity contribution in [2.75, 3.05) is 18.5 Å². The second-order valence-corrected chi connectivity index (χ2v) is 4.30. The summed E-state index contributed by atoms with van der Waals surface area (Å²) in [6.07, 6.45) is 2.34. The first-order chi connectivity index (χ1) is 7.77. The van der Waals surface area contributed by atoms with Crippen molar-refractivity contribution in [3.63, 3.8) is 0 Å². The van der Waals surface area contributed by atoms with E-state index in [-0.39, 0.29) is 6.61 Å². The van der Waals surface area contributed by atoms with Crippen molar-refractivity contribution in [2.45, 2.75) is 13.0 Å². The van der Waals surface area contributed by atoms with Gasteiger partial charge in [0, 0.05) is 25.2 Å². The number of nitriles is 1. The molecule has 2 aromatic rings. The molecular weight excluding hydrogens is 224 g/mol. The number of anilines is 1. The minimum atomic E-state index is -0.0515. The van der Waals surface area contributed by atoms with Crippen molar-refractivity contribution in [2.24, 2.45) is 0 Å². The maximum Gasteiger partial charge on any atom is 0.195 e. The largest absolute Gasteiger partial charge is 0.390 e. The summed E-state index contributed by atoms with van der Waals surface area (Å²) in [6.45, 7) is 0.568. The van der Waals surface area contributed by atoms with Crippen LogP contribution < -0.4 is 4.90 Å². The molecule has 2 aromatic heterocycles. The molecule has 0 bridgehead atoms. The summed E-state index contributed by atoms with van der Waals surface area (Å²) >= 11 is 1.53. The van der Waals surface area contributed by atoms with Gasteiger partial charge in [-0.25, -0.2) is 4.98 Å². The Kier molecular flexibility index (Phi) is 3.08. The van der Waals surface area contributed by atoms with Gasteiger partial charge in [0.2, 0.25) is 0 Å². The summed E-state index contributed by atoms with van der Waals surface area (Å²) in [4.78, 5) is 7.20. The van der Waals surface area contributed by atoms with E-state index >= 15 is 0 Å². The molecule has 6 heteroatoms. The van der Waals surface area contributed by atoms with Gasteiger partial charge in [0.1, 0.15) is 0 Å². The van der Waals surface area contributed by atoms with Gasteiger partial charge < -0.3 is 10.0 Å². The summed E-state index contributed by atoms with van der Waals surface area (Å²) in [5.74, 6) is 0.754. The molecule has 0 aliphatic heterocycles. The SMILES string of the molecule is CN(CCC#N)c1nc2sccn2c1CO. The molecule has 0 saturated carbocycles. The van der Waals surface area contributed by atoms with Crippen LogP contribution in [0.15, 0.2) is 11.6 Å². The Morgan fingerprint density at radius 2 is 2.50 bits per heavy atom. The highest BCUT2D eigenvalue weighted by Crippen LogP contribution is 2.23. The molecule has 0 atom stereocenters. The fourth-order valence-corrected chi connectivity index (χ4v) is 2.33. The number of imidazole rings is 1. The summed E-state index contributed by atoms with van der Waals surface area (Å²) in [6, 6.07) is 2.10. The highest BCUT2D eigenvalue weighted by Gasteiger charge is 2.15. The van der Waals surface area contributed by atoms with Gasteiger partial charge in [0.15, 0.2) is 10.8 Å². The van der Waals surface area contributed by atoms with E-state index in [1.165, 1.54) is 11.3 Å². The summed E-state index contributed by atoms with van der Waals surface area (Å²) in [5.41, 5.74) is 0.775. The van der Waals surface area contributed by atoms with E-state index in [4.69, 9.17) is 5.26 Å². The maximum absolute atomic E-state index is 9.35. The summed E-state index contributed by atoms with van der Waals surface area (Å²) in [5, 5.41) is 19.8. The van der Waals surface area contributed by atoms with E-state index in [2.05, 4.69) is 11.1 Å². The normalized spacial score (nSPS) is 10.6. The molecule has 0 unspecified atom stereocenters. The average molecular weight is 236 g/mol. The first kappa shape index (κ1) is 10.9. The van der Waals surface area contributed by atoms with Crippen LogP contribution in [0.25, 0.3) is 4.96 Å². The molecule has 84 valence electrons. The van der Waals surface area contributed by atoms with Crippen molar-refractivity contribution >= 4 is 22.1 Å². The highest BCUT2D eigenvalue weighted by molar-refractivity contribution is 7.15. The van der Waals surface area contributed by atoms with Crippen molar-refractivity contribution < 1.29 is 5.11 Å². The van der Waals surface area contributed by atoms with Gasteiger partial charge in [-0.15, -0.1) is 11.3 Å². The minimum absolute atomic E-state index is 0.0515. The molecule has 0 aliphatic rings. The Bertz CT molecular complexity index is 524. The van der Waals surface area contributed by atoms with Gasteiger partial charge in [0.05, 0.1) is 24.8 Å². The molecule has 0 spiro atoms. The molecule has 1 N–H and O–H groups in total. The number of hydrogen-bond acceptors (Lipinski definition) is 5. The predicted molar refractivity (Wildman–Crippen MR) is 62.5 cm³/mol. The van der Waals surface area contributed by atoms with Crippen molar-refractivity contribution in [3.8, 4) is 6.07 Å². The van der Waals surface area contributed by atoms with Crippen molar-refractivity contribution in [3.05, 3.63) is 17.3 Å². The second kappa shape index (κ2) is 4.51. The lowest BCUT2D eigenvalue weighted by molar-refractivity contribution is 0.276. The van der Waals surface area contributed by atoms with E-state index in [1.807, 2.05) is 27.9 Å². The van der Waals surface area contributed by atoms with Crippen LogP contribution >= 0.6 is 11.3 Å². The second-order valence-electron chi connectivity index (χ2n) is 3.43. The van der Waals surface area contributed by atoms with Crippen molar-refractivity contribution in [1.29, 1.82) is 5.26 Å². The summed E-state index contributed by atoms with van der Waals surface area (Å²) in [7, 11) is 1.88. The number of thiazole rings is 1.